The number of hydrogen-bond donors (Lipinski definition) is 1. The number of rotatable bonds is 7. The van der Waals surface area contributed by atoms with Crippen LogP contribution >= 0.6 is 0 Å². The van der Waals surface area contributed by atoms with Gasteiger partial charge in [-0.25, -0.2) is 9.97 Å². The summed E-state index contributed by atoms with van der Waals surface area (Å²) in [6, 6.07) is 3.96. The number of ether oxygens (including phenoxy) is 1. The normalized spacial score (nSPS) is 16.6. The third kappa shape index (κ3) is 4.09. The molecule has 0 aromatic carbocycles. The Morgan fingerprint density at radius 1 is 1.28 bits per heavy atom. The van der Waals surface area contributed by atoms with Gasteiger partial charge in [-0.3, -0.25) is 9.48 Å². The Morgan fingerprint density at radius 3 is 2.86 bits per heavy atom. The van der Waals surface area contributed by atoms with Gasteiger partial charge in [0, 0.05) is 30.6 Å². The molecule has 2 aliphatic carbocycles. The van der Waals surface area contributed by atoms with Crippen molar-refractivity contribution >= 4 is 22.6 Å². The van der Waals surface area contributed by atoms with Crippen molar-refractivity contribution in [3.8, 4) is 5.88 Å². The number of nitrogens with zero attached hydrogens (tertiary/aromatic N) is 4. The van der Waals surface area contributed by atoms with Crippen LogP contribution in [-0.4, -0.2) is 31.8 Å². The SMILES string of the molecule is Cc1cc(Cn2cc3c(NC(=O)CC4CC4)nccc3n2)cnc1OC1CCC1. The lowest BCUT2D eigenvalue weighted by Crippen LogP contribution is -2.25. The fourth-order valence-corrected chi connectivity index (χ4v) is 3.61. The predicted octanol–water partition coefficient (Wildman–Crippen LogP) is 3.85. The molecule has 29 heavy (non-hydrogen) atoms. The Hall–Kier alpha value is -2.96. The summed E-state index contributed by atoms with van der Waals surface area (Å²) in [6.45, 7) is 2.63. The van der Waals surface area contributed by atoms with Crippen LogP contribution in [0.1, 0.15) is 49.7 Å². The van der Waals surface area contributed by atoms with Gasteiger partial charge in [0.25, 0.3) is 0 Å². The maximum Gasteiger partial charge on any atom is 0.225 e. The van der Waals surface area contributed by atoms with Crippen LogP contribution in [0.5, 0.6) is 5.88 Å². The lowest BCUT2D eigenvalue weighted by Gasteiger charge is -2.26. The highest BCUT2D eigenvalue weighted by Crippen LogP contribution is 2.33. The number of aryl methyl sites for hydroxylation is 1. The molecule has 7 heteroatoms. The van der Waals surface area contributed by atoms with Gasteiger partial charge in [0.05, 0.1) is 17.4 Å². The van der Waals surface area contributed by atoms with Crippen molar-refractivity contribution in [3.63, 3.8) is 0 Å². The highest BCUT2D eigenvalue weighted by atomic mass is 16.5. The number of nitrogens with one attached hydrogen (secondary N) is 1. The topological polar surface area (TPSA) is 81.9 Å². The molecule has 0 atom stereocenters. The summed E-state index contributed by atoms with van der Waals surface area (Å²) in [5, 5.41) is 8.44. The van der Waals surface area contributed by atoms with E-state index in [4.69, 9.17) is 4.74 Å². The van der Waals surface area contributed by atoms with E-state index in [-0.39, 0.29) is 5.91 Å². The zero-order valence-corrected chi connectivity index (χ0v) is 16.6. The van der Waals surface area contributed by atoms with Gasteiger partial charge in [-0.1, -0.05) is 0 Å². The van der Waals surface area contributed by atoms with Gasteiger partial charge >= 0.3 is 0 Å². The Morgan fingerprint density at radius 2 is 2.14 bits per heavy atom. The monoisotopic (exact) mass is 391 g/mol. The Kier molecular flexibility index (Phi) is 4.66. The second-order valence-corrected chi connectivity index (χ2v) is 8.25. The van der Waals surface area contributed by atoms with Crippen LogP contribution in [0.25, 0.3) is 10.9 Å². The first-order valence-electron chi connectivity index (χ1n) is 10.4. The molecule has 2 fully saturated rings. The standard InChI is InChI=1S/C22H25N5O2/c1-14-9-16(11-24-22(14)29-17-3-2-4-17)12-27-13-18-19(26-27)7-8-23-21(18)25-20(28)10-15-5-6-15/h7-9,11,13,15,17H,2-6,10,12H2,1H3,(H,23,25,28). The van der Waals surface area contributed by atoms with Crippen LogP contribution in [0.15, 0.2) is 30.7 Å². The number of hydrogen-bond acceptors (Lipinski definition) is 5. The Balaban J connectivity index is 1.31. The van der Waals surface area contributed by atoms with Gasteiger partial charge in [-0.05, 0) is 62.6 Å². The summed E-state index contributed by atoms with van der Waals surface area (Å²) in [5.74, 6) is 1.89. The predicted molar refractivity (Wildman–Crippen MR) is 110 cm³/mol. The zero-order chi connectivity index (χ0) is 19.8. The molecule has 5 rings (SSSR count). The largest absolute Gasteiger partial charge is 0.474 e. The highest BCUT2D eigenvalue weighted by Gasteiger charge is 2.25. The van der Waals surface area contributed by atoms with Crippen LogP contribution in [0.3, 0.4) is 0 Å². The smallest absolute Gasteiger partial charge is 0.225 e. The first-order valence-corrected chi connectivity index (χ1v) is 10.4. The van der Waals surface area contributed by atoms with Crippen LogP contribution in [0.2, 0.25) is 0 Å². The number of pyridine rings is 2. The first kappa shape index (κ1) is 18.1. The minimum atomic E-state index is 0.0297. The first-order chi connectivity index (χ1) is 14.1. The van der Waals surface area contributed by atoms with Gasteiger partial charge < -0.3 is 10.1 Å². The van der Waals surface area contributed by atoms with Crippen molar-refractivity contribution in [2.45, 2.75) is 58.1 Å². The molecule has 7 nitrogen and oxygen atoms in total. The van der Waals surface area contributed by atoms with E-state index in [1.165, 1.54) is 6.42 Å². The molecule has 2 aliphatic rings. The summed E-state index contributed by atoms with van der Waals surface area (Å²) in [5.41, 5.74) is 2.92. The maximum atomic E-state index is 12.2. The van der Waals surface area contributed by atoms with Gasteiger partial charge in [-0.2, -0.15) is 5.10 Å². The van der Waals surface area contributed by atoms with E-state index in [9.17, 15) is 4.79 Å². The summed E-state index contributed by atoms with van der Waals surface area (Å²) in [6.07, 6.45) is 12.2. The average Bonchev–Trinajstić information content (AvgIpc) is 3.36. The summed E-state index contributed by atoms with van der Waals surface area (Å²) < 4.78 is 7.80. The molecule has 0 radical (unpaired) electrons. The third-order valence-electron chi connectivity index (χ3n) is 5.67. The molecular weight excluding hydrogens is 366 g/mol. The molecule has 2 saturated carbocycles. The van der Waals surface area contributed by atoms with E-state index in [1.807, 2.05) is 30.1 Å². The lowest BCUT2D eigenvalue weighted by atomic mass is 9.96. The van der Waals surface area contributed by atoms with Crippen LogP contribution < -0.4 is 10.1 Å². The van der Waals surface area contributed by atoms with Gasteiger partial charge in [0.15, 0.2) is 0 Å². The third-order valence-corrected chi connectivity index (χ3v) is 5.67. The zero-order valence-electron chi connectivity index (χ0n) is 16.6. The number of fused-ring (bicyclic) bond motifs is 1. The maximum absolute atomic E-state index is 12.2. The molecule has 3 aromatic heterocycles. The number of carbonyl (C=O) groups excluding carboxylic acids is 1. The Labute approximate surface area is 169 Å². The minimum absolute atomic E-state index is 0.0297. The van der Waals surface area contributed by atoms with E-state index in [0.29, 0.717) is 30.8 Å². The van der Waals surface area contributed by atoms with Crippen molar-refractivity contribution in [3.05, 3.63) is 41.9 Å². The quantitative estimate of drug-likeness (QED) is 0.661. The van der Waals surface area contributed by atoms with Crippen LogP contribution in [-0.2, 0) is 11.3 Å². The van der Waals surface area contributed by atoms with Crippen molar-refractivity contribution in [2.75, 3.05) is 5.32 Å². The molecule has 1 N–H and O–H groups in total. The van der Waals surface area contributed by atoms with Crippen LogP contribution in [0, 0.1) is 12.8 Å². The van der Waals surface area contributed by atoms with E-state index in [1.54, 1.807) is 6.20 Å². The molecule has 0 unspecified atom stereocenters. The number of anilines is 1. The van der Waals surface area contributed by atoms with E-state index in [0.717, 1.165) is 53.6 Å². The van der Waals surface area contributed by atoms with Crippen molar-refractivity contribution in [1.82, 2.24) is 19.7 Å². The molecule has 3 heterocycles. The summed E-state index contributed by atoms with van der Waals surface area (Å²) >= 11 is 0. The fourth-order valence-electron chi connectivity index (χ4n) is 3.61. The number of amides is 1. The van der Waals surface area contributed by atoms with Gasteiger partial charge in [0.2, 0.25) is 11.8 Å². The molecule has 0 aliphatic heterocycles. The minimum Gasteiger partial charge on any atom is -0.474 e. The van der Waals surface area contributed by atoms with E-state index in [2.05, 4.69) is 26.4 Å². The second-order valence-electron chi connectivity index (χ2n) is 8.25. The van der Waals surface area contributed by atoms with Gasteiger partial charge in [0.1, 0.15) is 11.9 Å². The lowest BCUT2D eigenvalue weighted by molar-refractivity contribution is -0.116. The number of carbonyl (C=O) groups is 1. The molecule has 0 bridgehead atoms. The molecule has 150 valence electrons. The van der Waals surface area contributed by atoms with Crippen molar-refractivity contribution in [1.29, 1.82) is 0 Å². The molecule has 1 amide bonds. The second kappa shape index (κ2) is 7.46. The molecular formula is C22H25N5O2. The van der Waals surface area contributed by atoms with E-state index >= 15 is 0 Å². The van der Waals surface area contributed by atoms with Crippen LogP contribution in [0.4, 0.5) is 5.82 Å². The average molecular weight is 391 g/mol. The fraction of sp³-hybridized carbons (Fsp3) is 0.455. The summed E-state index contributed by atoms with van der Waals surface area (Å²) in [7, 11) is 0. The number of aromatic nitrogens is 4. The van der Waals surface area contributed by atoms with E-state index < -0.39 is 0 Å². The molecule has 0 saturated heterocycles. The van der Waals surface area contributed by atoms with Crippen molar-refractivity contribution in [2.24, 2.45) is 5.92 Å². The van der Waals surface area contributed by atoms with Crippen molar-refractivity contribution < 1.29 is 9.53 Å². The molecule has 3 aromatic rings. The molecule has 0 spiro atoms. The van der Waals surface area contributed by atoms with Gasteiger partial charge in [-0.15, -0.1) is 0 Å². The summed E-state index contributed by atoms with van der Waals surface area (Å²) in [4.78, 5) is 21.0. The Bertz CT molecular complexity index is 1050. The highest BCUT2D eigenvalue weighted by molar-refractivity contribution is 5.99.